The van der Waals surface area contributed by atoms with Crippen LogP contribution < -0.4 is 14.4 Å². The number of carbonyl (C=O) groups excluding carboxylic acids is 1. The predicted octanol–water partition coefficient (Wildman–Crippen LogP) is -1.05. The van der Waals surface area contributed by atoms with Crippen molar-refractivity contribution in [3.8, 4) is 12.0 Å². The summed E-state index contributed by atoms with van der Waals surface area (Å²) >= 11 is 0. The molecule has 0 aliphatic carbocycles. The molecule has 0 saturated carbocycles. The van der Waals surface area contributed by atoms with E-state index in [0.29, 0.717) is 51.9 Å². The topological polar surface area (TPSA) is 99.1 Å². The number of methoxy groups -OCH3 is 2. The fourth-order valence-electron chi connectivity index (χ4n) is 2.62. The van der Waals surface area contributed by atoms with Gasteiger partial charge in [-0.15, -0.1) is 4.98 Å². The number of ether oxygens (including phenoxy) is 4. The second kappa shape index (κ2) is 7.58. The zero-order valence-corrected chi connectivity index (χ0v) is 13.8. The minimum absolute atomic E-state index is 0.0315. The van der Waals surface area contributed by atoms with Crippen molar-refractivity contribution in [2.75, 3.05) is 65.1 Å². The van der Waals surface area contributed by atoms with E-state index in [1.165, 1.54) is 14.2 Å². The number of nitrogens with zero attached hydrogens (tertiary/aromatic N) is 5. The van der Waals surface area contributed by atoms with E-state index in [1.807, 2.05) is 4.90 Å². The van der Waals surface area contributed by atoms with Crippen LogP contribution in [0.15, 0.2) is 0 Å². The second-order valence-corrected chi connectivity index (χ2v) is 5.35. The molecule has 0 radical (unpaired) electrons. The maximum absolute atomic E-state index is 12.6. The Kier molecular flexibility index (Phi) is 5.26. The van der Waals surface area contributed by atoms with Crippen molar-refractivity contribution in [2.24, 2.45) is 0 Å². The van der Waals surface area contributed by atoms with E-state index in [1.54, 1.807) is 4.90 Å². The largest absolute Gasteiger partial charge is 0.467 e. The molecular formula is C14H21N5O5. The number of rotatable bonds is 4. The third-order valence-corrected chi connectivity index (χ3v) is 3.90. The minimum atomic E-state index is -0.550. The number of hydrogen-bond acceptors (Lipinski definition) is 9. The summed E-state index contributed by atoms with van der Waals surface area (Å²) in [6.07, 6.45) is -0.550. The molecule has 3 rings (SSSR count). The molecule has 2 saturated heterocycles. The summed E-state index contributed by atoms with van der Waals surface area (Å²) in [4.78, 5) is 28.7. The normalized spacial score (nSPS) is 21.5. The summed E-state index contributed by atoms with van der Waals surface area (Å²) < 4.78 is 21.1. The molecule has 10 nitrogen and oxygen atoms in total. The first-order valence-electron chi connectivity index (χ1n) is 7.78. The van der Waals surface area contributed by atoms with Gasteiger partial charge in [0.25, 0.3) is 5.91 Å². The number of aromatic nitrogens is 3. The Morgan fingerprint density at radius 2 is 1.71 bits per heavy atom. The van der Waals surface area contributed by atoms with E-state index < -0.39 is 6.10 Å². The van der Waals surface area contributed by atoms with E-state index in [9.17, 15) is 4.79 Å². The highest BCUT2D eigenvalue weighted by molar-refractivity contribution is 5.82. The van der Waals surface area contributed by atoms with Crippen LogP contribution in [-0.2, 0) is 14.3 Å². The van der Waals surface area contributed by atoms with Crippen molar-refractivity contribution < 1.29 is 23.7 Å². The van der Waals surface area contributed by atoms with Gasteiger partial charge < -0.3 is 28.7 Å². The molecule has 1 amide bonds. The highest BCUT2D eigenvalue weighted by Gasteiger charge is 2.32. The summed E-state index contributed by atoms with van der Waals surface area (Å²) in [7, 11) is 2.95. The van der Waals surface area contributed by atoms with Crippen LogP contribution in [0.25, 0.3) is 0 Å². The molecule has 3 heterocycles. The first-order valence-corrected chi connectivity index (χ1v) is 7.78. The molecule has 1 atom stereocenters. The van der Waals surface area contributed by atoms with E-state index in [-0.39, 0.29) is 17.9 Å². The van der Waals surface area contributed by atoms with E-state index >= 15 is 0 Å². The molecule has 10 heteroatoms. The summed E-state index contributed by atoms with van der Waals surface area (Å²) in [5.74, 6) is 0.373. The smallest absolute Gasteiger partial charge is 0.324 e. The monoisotopic (exact) mass is 339 g/mol. The lowest BCUT2D eigenvalue weighted by Gasteiger charge is -2.36. The number of amides is 1. The van der Waals surface area contributed by atoms with Gasteiger partial charge in [0.2, 0.25) is 5.95 Å². The van der Waals surface area contributed by atoms with E-state index in [2.05, 4.69) is 15.0 Å². The molecule has 2 aliphatic heterocycles. The van der Waals surface area contributed by atoms with Gasteiger partial charge in [0.1, 0.15) is 0 Å². The third-order valence-electron chi connectivity index (χ3n) is 3.90. The highest BCUT2D eigenvalue weighted by Crippen LogP contribution is 2.19. The standard InChI is InChI=1S/C14H21N5O5/c1-21-13-15-12(16-14(17-13)22-2)19-5-8-24-10(9-19)11(20)18-3-6-23-7-4-18/h10H,3-9H2,1-2H3. The predicted molar refractivity (Wildman–Crippen MR) is 82.3 cm³/mol. The molecule has 1 aromatic rings. The van der Waals surface area contributed by atoms with Crippen LogP contribution in [0.3, 0.4) is 0 Å². The molecule has 0 bridgehead atoms. The Morgan fingerprint density at radius 1 is 1.04 bits per heavy atom. The zero-order chi connectivity index (χ0) is 16.9. The average molecular weight is 339 g/mol. The van der Waals surface area contributed by atoms with Crippen molar-refractivity contribution in [1.82, 2.24) is 19.9 Å². The summed E-state index contributed by atoms with van der Waals surface area (Å²) in [5, 5.41) is 0. The molecule has 0 spiro atoms. The first-order chi connectivity index (χ1) is 11.7. The van der Waals surface area contributed by atoms with Crippen molar-refractivity contribution >= 4 is 11.9 Å². The Labute approximate surface area is 139 Å². The summed E-state index contributed by atoms with van der Waals surface area (Å²) in [5.41, 5.74) is 0. The third kappa shape index (κ3) is 3.65. The molecule has 132 valence electrons. The maximum Gasteiger partial charge on any atom is 0.324 e. The van der Waals surface area contributed by atoms with Gasteiger partial charge >= 0.3 is 12.0 Å². The minimum Gasteiger partial charge on any atom is -0.467 e. The van der Waals surface area contributed by atoms with Gasteiger partial charge in [-0.2, -0.15) is 9.97 Å². The van der Waals surface area contributed by atoms with E-state index in [4.69, 9.17) is 18.9 Å². The van der Waals surface area contributed by atoms with Crippen LogP contribution >= 0.6 is 0 Å². The van der Waals surface area contributed by atoms with Crippen molar-refractivity contribution in [1.29, 1.82) is 0 Å². The molecule has 0 N–H and O–H groups in total. The van der Waals surface area contributed by atoms with Gasteiger partial charge in [0.15, 0.2) is 6.10 Å². The number of anilines is 1. The van der Waals surface area contributed by atoms with E-state index in [0.717, 1.165) is 0 Å². The van der Waals surface area contributed by atoms with Crippen LogP contribution in [-0.4, -0.2) is 92.1 Å². The van der Waals surface area contributed by atoms with Crippen LogP contribution in [0, 0.1) is 0 Å². The fourth-order valence-corrected chi connectivity index (χ4v) is 2.62. The van der Waals surface area contributed by atoms with Crippen molar-refractivity contribution in [3.63, 3.8) is 0 Å². The van der Waals surface area contributed by atoms with Crippen LogP contribution in [0.5, 0.6) is 12.0 Å². The number of morpholine rings is 2. The average Bonchev–Trinajstić information content (AvgIpc) is 2.67. The van der Waals surface area contributed by atoms with Gasteiger partial charge in [0, 0.05) is 19.6 Å². The van der Waals surface area contributed by atoms with Crippen LogP contribution in [0.4, 0.5) is 5.95 Å². The molecule has 1 aromatic heterocycles. The van der Waals surface area contributed by atoms with Gasteiger partial charge in [-0.25, -0.2) is 0 Å². The Bertz CT molecular complexity index is 558. The quantitative estimate of drug-likeness (QED) is 0.680. The van der Waals surface area contributed by atoms with Gasteiger partial charge in [-0.1, -0.05) is 0 Å². The molecule has 2 aliphatic rings. The maximum atomic E-state index is 12.6. The number of carbonyl (C=O) groups is 1. The Balaban J connectivity index is 1.72. The molecule has 2 fully saturated rings. The lowest BCUT2D eigenvalue weighted by atomic mass is 10.2. The molecule has 1 unspecified atom stereocenters. The zero-order valence-electron chi connectivity index (χ0n) is 13.8. The summed E-state index contributed by atoms with van der Waals surface area (Å²) in [6, 6.07) is 0.332. The fraction of sp³-hybridized carbons (Fsp3) is 0.714. The molecular weight excluding hydrogens is 318 g/mol. The van der Waals surface area contributed by atoms with Crippen molar-refractivity contribution in [2.45, 2.75) is 6.10 Å². The van der Waals surface area contributed by atoms with Gasteiger partial charge in [-0.3, -0.25) is 4.79 Å². The lowest BCUT2D eigenvalue weighted by Crippen LogP contribution is -2.53. The van der Waals surface area contributed by atoms with Crippen LogP contribution in [0.2, 0.25) is 0 Å². The van der Waals surface area contributed by atoms with Crippen LogP contribution in [0.1, 0.15) is 0 Å². The van der Waals surface area contributed by atoms with Gasteiger partial charge in [0.05, 0.1) is 40.6 Å². The lowest BCUT2D eigenvalue weighted by molar-refractivity contribution is -0.148. The Morgan fingerprint density at radius 3 is 2.33 bits per heavy atom. The SMILES string of the molecule is COc1nc(OC)nc(N2CCOC(C(=O)N3CCOCC3)C2)n1. The second-order valence-electron chi connectivity index (χ2n) is 5.35. The molecule has 0 aromatic carbocycles. The molecule has 24 heavy (non-hydrogen) atoms. The number of hydrogen-bond donors (Lipinski definition) is 0. The highest BCUT2D eigenvalue weighted by atomic mass is 16.5. The summed E-state index contributed by atoms with van der Waals surface area (Å²) in [6.45, 7) is 3.65. The van der Waals surface area contributed by atoms with Crippen molar-refractivity contribution in [3.05, 3.63) is 0 Å². The van der Waals surface area contributed by atoms with Gasteiger partial charge in [-0.05, 0) is 0 Å². The Hall–Kier alpha value is -2.20. The first kappa shape index (κ1) is 16.7.